The zero-order chi connectivity index (χ0) is 20.4. The van der Waals surface area contributed by atoms with E-state index >= 15 is 0 Å². The summed E-state index contributed by atoms with van der Waals surface area (Å²) in [7, 11) is 0. The summed E-state index contributed by atoms with van der Waals surface area (Å²) in [6.07, 6.45) is 0. The van der Waals surface area contributed by atoms with Crippen LogP contribution in [-0.4, -0.2) is 25.6 Å². The Kier molecular flexibility index (Phi) is 4.86. The van der Waals surface area contributed by atoms with Gasteiger partial charge in [-0.2, -0.15) is 4.98 Å². The summed E-state index contributed by atoms with van der Waals surface area (Å²) in [5.41, 5.74) is 1.12. The maximum Gasteiger partial charge on any atom is 0.316 e. The number of aryl methyl sites for hydroxylation is 1. The predicted octanol–water partition coefficient (Wildman–Crippen LogP) is 2.21. The van der Waals surface area contributed by atoms with Crippen molar-refractivity contribution in [3.8, 4) is 0 Å². The lowest BCUT2D eigenvalue weighted by Crippen LogP contribution is -2.25. The standard InChI is InChI=1S/C20H16FN5O3/c1-12-23-16-5-3-2-4-15(16)20(28)26(12)11-17-24-19(29-25-17)18(27)22-10-13-6-8-14(21)9-7-13/h2-9H,10-11H2,1H3,(H,22,27). The van der Waals surface area contributed by atoms with E-state index < -0.39 is 5.91 Å². The third kappa shape index (κ3) is 3.88. The number of para-hydroxylation sites is 1. The molecule has 0 aliphatic rings. The monoisotopic (exact) mass is 393 g/mol. The van der Waals surface area contributed by atoms with Crippen LogP contribution >= 0.6 is 0 Å². The second kappa shape index (κ2) is 7.63. The Labute approximate surface area is 164 Å². The number of halogens is 1. The van der Waals surface area contributed by atoms with E-state index in [0.29, 0.717) is 16.7 Å². The summed E-state index contributed by atoms with van der Waals surface area (Å²) < 4.78 is 19.4. The fraction of sp³-hybridized carbons (Fsp3) is 0.150. The van der Waals surface area contributed by atoms with Crippen LogP contribution in [0.5, 0.6) is 0 Å². The first-order valence-electron chi connectivity index (χ1n) is 8.82. The van der Waals surface area contributed by atoms with Gasteiger partial charge in [-0.25, -0.2) is 9.37 Å². The van der Waals surface area contributed by atoms with Gasteiger partial charge in [0.2, 0.25) is 0 Å². The summed E-state index contributed by atoms with van der Waals surface area (Å²) >= 11 is 0. The third-order valence-corrected chi connectivity index (χ3v) is 4.38. The van der Waals surface area contributed by atoms with Gasteiger partial charge < -0.3 is 9.84 Å². The molecule has 0 atom stereocenters. The van der Waals surface area contributed by atoms with Gasteiger partial charge in [0.05, 0.1) is 17.4 Å². The van der Waals surface area contributed by atoms with Gasteiger partial charge in [0.15, 0.2) is 5.82 Å². The molecule has 0 fully saturated rings. The molecule has 0 aliphatic heterocycles. The van der Waals surface area contributed by atoms with Crippen LogP contribution in [-0.2, 0) is 13.1 Å². The van der Waals surface area contributed by atoms with Crippen LogP contribution < -0.4 is 10.9 Å². The molecule has 29 heavy (non-hydrogen) atoms. The summed E-state index contributed by atoms with van der Waals surface area (Å²) in [6, 6.07) is 12.8. The molecule has 0 aliphatic carbocycles. The summed E-state index contributed by atoms with van der Waals surface area (Å²) in [6.45, 7) is 1.92. The molecule has 0 spiro atoms. The Balaban J connectivity index is 1.49. The molecule has 8 nitrogen and oxygen atoms in total. The molecule has 9 heteroatoms. The van der Waals surface area contributed by atoms with Gasteiger partial charge in [-0.3, -0.25) is 14.2 Å². The smallest absolute Gasteiger partial charge is 0.316 e. The van der Waals surface area contributed by atoms with E-state index in [1.54, 1.807) is 37.3 Å². The Bertz CT molecular complexity index is 1250. The van der Waals surface area contributed by atoms with Gasteiger partial charge >= 0.3 is 11.8 Å². The number of carbonyl (C=O) groups is 1. The van der Waals surface area contributed by atoms with E-state index in [9.17, 15) is 14.0 Å². The Hall–Kier alpha value is -3.88. The molecule has 0 saturated carbocycles. The minimum Gasteiger partial charge on any atom is -0.344 e. The predicted molar refractivity (Wildman–Crippen MR) is 102 cm³/mol. The normalized spacial score (nSPS) is 11.0. The lowest BCUT2D eigenvalue weighted by atomic mass is 10.2. The minimum absolute atomic E-state index is 0.0250. The van der Waals surface area contributed by atoms with Crippen LogP contribution in [0.2, 0.25) is 0 Å². The summed E-state index contributed by atoms with van der Waals surface area (Å²) in [5.74, 6) is -0.453. The number of rotatable bonds is 5. The van der Waals surface area contributed by atoms with E-state index in [1.807, 2.05) is 6.07 Å². The molecule has 0 unspecified atom stereocenters. The van der Waals surface area contributed by atoms with Gasteiger partial charge in [0.25, 0.3) is 5.56 Å². The van der Waals surface area contributed by atoms with Gasteiger partial charge in [0, 0.05) is 6.54 Å². The molecule has 2 heterocycles. The molecule has 2 aromatic carbocycles. The van der Waals surface area contributed by atoms with E-state index in [-0.39, 0.29) is 36.2 Å². The Morgan fingerprint density at radius 2 is 1.90 bits per heavy atom. The molecule has 0 radical (unpaired) electrons. The number of nitrogens with one attached hydrogen (secondary N) is 1. The highest BCUT2D eigenvalue weighted by molar-refractivity contribution is 5.89. The second-order valence-corrected chi connectivity index (χ2v) is 6.39. The second-order valence-electron chi connectivity index (χ2n) is 6.39. The molecule has 0 saturated heterocycles. The highest BCUT2D eigenvalue weighted by atomic mass is 19.1. The van der Waals surface area contributed by atoms with Crippen molar-refractivity contribution in [2.45, 2.75) is 20.0 Å². The first-order chi connectivity index (χ1) is 14.0. The fourth-order valence-electron chi connectivity index (χ4n) is 2.88. The average molecular weight is 393 g/mol. The number of aromatic nitrogens is 4. The van der Waals surface area contributed by atoms with E-state index in [4.69, 9.17) is 4.52 Å². The molecule has 4 aromatic rings. The molecular weight excluding hydrogens is 377 g/mol. The maximum absolute atomic E-state index is 12.9. The molecule has 2 aromatic heterocycles. The van der Waals surface area contributed by atoms with Crippen LogP contribution in [0.3, 0.4) is 0 Å². The highest BCUT2D eigenvalue weighted by Crippen LogP contribution is 2.09. The number of nitrogens with zero attached hydrogens (tertiary/aromatic N) is 4. The quantitative estimate of drug-likeness (QED) is 0.558. The van der Waals surface area contributed by atoms with Crippen molar-refractivity contribution < 1.29 is 13.7 Å². The lowest BCUT2D eigenvalue weighted by Gasteiger charge is -2.08. The van der Waals surface area contributed by atoms with E-state index in [2.05, 4.69) is 20.4 Å². The molecule has 0 bridgehead atoms. The number of amides is 1. The first kappa shape index (κ1) is 18.5. The van der Waals surface area contributed by atoms with Crippen LogP contribution in [0.15, 0.2) is 57.8 Å². The fourth-order valence-corrected chi connectivity index (χ4v) is 2.88. The number of fused-ring (bicyclic) bond motifs is 1. The molecule has 4 rings (SSSR count). The van der Waals surface area contributed by atoms with Crippen LogP contribution in [0.4, 0.5) is 4.39 Å². The number of hydrogen-bond acceptors (Lipinski definition) is 6. The SMILES string of the molecule is Cc1nc2ccccc2c(=O)n1Cc1noc(C(=O)NCc2ccc(F)cc2)n1. The molecule has 1 N–H and O–H groups in total. The third-order valence-electron chi connectivity index (χ3n) is 4.38. The van der Waals surface area contributed by atoms with Crippen molar-refractivity contribution in [2.75, 3.05) is 0 Å². The zero-order valence-corrected chi connectivity index (χ0v) is 15.4. The molecule has 146 valence electrons. The van der Waals surface area contributed by atoms with Crippen molar-refractivity contribution in [3.63, 3.8) is 0 Å². The van der Waals surface area contributed by atoms with Crippen molar-refractivity contribution in [2.24, 2.45) is 0 Å². The minimum atomic E-state index is -0.561. The van der Waals surface area contributed by atoms with Crippen molar-refractivity contribution >= 4 is 16.8 Å². The van der Waals surface area contributed by atoms with Gasteiger partial charge in [-0.1, -0.05) is 29.4 Å². The largest absolute Gasteiger partial charge is 0.344 e. The van der Waals surface area contributed by atoms with E-state index in [1.165, 1.54) is 16.7 Å². The van der Waals surface area contributed by atoms with Crippen LogP contribution in [0.25, 0.3) is 10.9 Å². The van der Waals surface area contributed by atoms with Crippen LogP contribution in [0, 0.1) is 12.7 Å². The molecular formula is C20H16FN5O3. The summed E-state index contributed by atoms with van der Waals surface area (Å²) in [4.78, 5) is 33.4. The topological polar surface area (TPSA) is 103 Å². The highest BCUT2D eigenvalue weighted by Gasteiger charge is 2.17. The Morgan fingerprint density at radius 3 is 2.69 bits per heavy atom. The number of carbonyl (C=O) groups excluding carboxylic acids is 1. The average Bonchev–Trinajstić information content (AvgIpc) is 3.19. The lowest BCUT2D eigenvalue weighted by molar-refractivity contribution is 0.0907. The van der Waals surface area contributed by atoms with Crippen molar-refractivity contribution in [3.05, 3.63) is 87.8 Å². The van der Waals surface area contributed by atoms with Crippen LogP contribution in [0.1, 0.15) is 27.9 Å². The first-order valence-corrected chi connectivity index (χ1v) is 8.82. The van der Waals surface area contributed by atoms with Crippen molar-refractivity contribution in [1.82, 2.24) is 25.0 Å². The summed E-state index contributed by atoms with van der Waals surface area (Å²) in [5, 5.41) is 6.88. The van der Waals surface area contributed by atoms with Gasteiger partial charge in [0.1, 0.15) is 11.6 Å². The van der Waals surface area contributed by atoms with E-state index in [0.717, 1.165) is 5.56 Å². The zero-order valence-electron chi connectivity index (χ0n) is 15.4. The Morgan fingerprint density at radius 1 is 1.14 bits per heavy atom. The number of benzene rings is 2. The van der Waals surface area contributed by atoms with Crippen molar-refractivity contribution in [1.29, 1.82) is 0 Å². The number of hydrogen-bond donors (Lipinski definition) is 1. The van der Waals surface area contributed by atoms with Gasteiger partial charge in [-0.05, 0) is 36.8 Å². The van der Waals surface area contributed by atoms with Gasteiger partial charge in [-0.15, -0.1) is 0 Å². The molecule has 1 amide bonds. The maximum atomic E-state index is 12.9.